The average Bonchev–Trinajstić information content (AvgIpc) is 3.40. The Labute approximate surface area is 212 Å². The Morgan fingerprint density at radius 2 is 1.94 bits per heavy atom. The van der Waals surface area contributed by atoms with Gasteiger partial charge in [-0.25, -0.2) is 9.78 Å². The second kappa shape index (κ2) is 10.6. The molecule has 1 N–H and O–H groups in total. The van der Waals surface area contributed by atoms with Crippen molar-refractivity contribution >= 4 is 39.9 Å². The SMILES string of the molecule is C=CCOc1cccc(C2C(=C(O)c3ccccc3)C(=O)C(=O)N2c2nc(C)c(C(=O)OCC)s2)c1. The van der Waals surface area contributed by atoms with Gasteiger partial charge in [0.05, 0.1) is 23.9 Å². The summed E-state index contributed by atoms with van der Waals surface area (Å²) in [7, 11) is 0. The summed E-state index contributed by atoms with van der Waals surface area (Å²) in [4.78, 5) is 44.9. The highest BCUT2D eigenvalue weighted by Gasteiger charge is 2.48. The minimum Gasteiger partial charge on any atom is -0.507 e. The van der Waals surface area contributed by atoms with Crippen LogP contribution in [0, 0.1) is 6.92 Å². The number of thiazole rings is 1. The molecule has 9 heteroatoms. The highest BCUT2D eigenvalue weighted by atomic mass is 32.1. The molecule has 3 aromatic rings. The fourth-order valence-corrected chi connectivity index (χ4v) is 4.88. The van der Waals surface area contributed by atoms with Crippen LogP contribution in [0.25, 0.3) is 5.76 Å². The molecule has 1 aliphatic rings. The summed E-state index contributed by atoms with van der Waals surface area (Å²) in [6.45, 7) is 7.42. The predicted molar refractivity (Wildman–Crippen MR) is 136 cm³/mol. The molecule has 1 atom stereocenters. The number of carbonyl (C=O) groups is 3. The van der Waals surface area contributed by atoms with Gasteiger partial charge in [-0.05, 0) is 31.5 Å². The van der Waals surface area contributed by atoms with Gasteiger partial charge in [0, 0.05) is 5.56 Å². The Hall–Kier alpha value is -4.24. The van der Waals surface area contributed by atoms with E-state index in [1.165, 1.54) is 4.90 Å². The maximum Gasteiger partial charge on any atom is 0.350 e. The van der Waals surface area contributed by atoms with Crippen LogP contribution in [0.1, 0.15) is 39.5 Å². The molecule has 4 rings (SSSR count). The lowest BCUT2D eigenvalue weighted by Gasteiger charge is -2.23. The van der Waals surface area contributed by atoms with E-state index >= 15 is 0 Å². The second-order valence-electron chi connectivity index (χ2n) is 7.84. The molecular weight excluding hydrogens is 480 g/mol. The van der Waals surface area contributed by atoms with Crippen LogP contribution in [0.15, 0.2) is 72.8 Å². The number of rotatable bonds is 8. The summed E-state index contributed by atoms with van der Waals surface area (Å²) >= 11 is 0.955. The first-order valence-electron chi connectivity index (χ1n) is 11.2. The summed E-state index contributed by atoms with van der Waals surface area (Å²) in [6, 6.07) is 14.4. The second-order valence-corrected chi connectivity index (χ2v) is 8.82. The number of esters is 1. The number of aryl methyl sites for hydroxylation is 1. The normalized spacial score (nSPS) is 16.7. The summed E-state index contributed by atoms with van der Waals surface area (Å²) in [6.07, 6.45) is 1.60. The maximum atomic E-state index is 13.3. The molecule has 184 valence electrons. The zero-order valence-corrected chi connectivity index (χ0v) is 20.6. The first-order valence-corrected chi connectivity index (χ1v) is 12.0. The number of amides is 1. The third kappa shape index (κ3) is 4.65. The van der Waals surface area contributed by atoms with E-state index in [2.05, 4.69) is 11.6 Å². The first-order chi connectivity index (χ1) is 17.4. The van der Waals surface area contributed by atoms with Gasteiger partial charge in [0.25, 0.3) is 5.78 Å². The summed E-state index contributed by atoms with van der Waals surface area (Å²) in [5, 5.41) is 11.3. The number of ketones is 1. The molecule has 0 bridgehead atoms. The van der Waals surface area contributed by atoms with Crippen LogP contribution in [0.5, 0.6) is 5.75 Å². The Kier molecular flexibility index (Phi) is 7.30. The van der Waals surface area contributed by atoms with Crippen molar-refractivity contribution in [3.63, 3.8) is 0 Å². The minimum absolute atomic E-state index is 0.0855. The molecule has 1 aliphatic heterocycles. The third-order valence-corrected chi connectivity index (χ3v) is 6.62. The van der Waals surface area contributed by atoms with E-state index in [-0.39, 0.29) is 34.6 Å². The van der Waals surface area contributed by atoms with E-state index in [4.69, 9.17) is 9.47 Å². The Balaban J connectivity index is 1.90. The molecule has 36 heavy (non-hydrogen) atoms. The van der Waals surface area contributed by atoms with E-state index in [9.17, 15) is 19.5 Å². The molecule has 1 aromatic heterocycles. The molecule has 0 radical (unpaired) electrons. The van der Waals surface area contributed by atoms with E-state index in [0.717, 1.165) is 11.3 Å². The van der Waals surface area contributed by atoms with Crippen LogP contribution in [0.2, 0.25) is 0 Å². The third-order valence-electron chi connectivity index (χ3n) is 5.49. The Morgan fingerprint density at radius 1 is 1.19 bits per heavy atom. The molecule has 1 saturated heterocycles. The van der Waals surface area contributed by atoms with Crippen LogP contribution in [-0.2, 0) is 14.3 Å². The van der Waals surface area contributed by atoms with Gasteiger partial charge in [-0.1, -0.05) is 66.5 Å². The number of hydrogen-bond acceptors (Lipinski definition) is 8. The molecular formula is C27H24N2O6S. The van der Waals surface area contributed by atoms with E-state index < -0.39 is 23.7 Å². The number of aromatic nitrogens is 1. The fraction of sp³-hybridized carbons (Fsp3) is 0.185. The van der Waals surface area contributed by atoms with Gasteiger partial charge in [0.15, 0.2) is 5.13 Å². The topological polar surface area (TPSA) is 106 Å². The number of benzene rings is 2. The summed E-state index contributed by atoms with van der Waals surface area (Å²) < 4.78 is 10.8. The molecule has 1 fully saturated rings. The molecule has 1 unspecified atom stereocenters. The fourth-order valence-electron chi connectivity index (χ4n) is 3.90. The van der Waals surface area contributed by atoms with Gasteiger partial charge in [-0.15, -0.1) is 0 Å². The van der Waals surface area contributed by atoms with Crippen LogP contribution >= 0.6 is 11.3 Å². The zero-order chi connectivity index (χ0) is 25.8. The van der Waals surface area contributed by atoms with Crippen molar-refractivity contribution in [2.45, 2.75) is 19.9 Å². The lowest BCUT2D eigenvalue weighted by Crippen LogP contribution is -2.29. The molecule has 0 aliphatic carbocycles. The number of aliphatic hydroxyl groups is 1. The monoisotopic (exact) mass is 504 g/mol. The van der Waals surface area contributed by atoms with Crippen molar-refractivity contribution < 1.29 is 29.0 Å². The van der Waals surface area contributed by atoms with Crippen molar-refractivity contribution in [2.75, 3.05) is 18.1 Å². The van der Waals surface area contributed by atoms with Crippen molar-refractivity contribution in [1.29, 1.82) is 0 Å². The quantitative estimate of drug-likeness (QED) is 0.154. The van der Waals surface area contributed by atoms with Crippen LogP contribution < -0.4 is 9.64 Å². The van der Waals surface area contributed by atoms with E-state index in [1.54, 1.807) is 74.5 Å². The van der Waals surface area contributed by atoms with Crippen molar-refractivity contribution in [3.8, 4) is 5.75 Å². The number of aliphatic hydroxyl groups excluding tert-OH is 1. The number of hydrogen-bond donors (Lipinski definition) is 1. The Morgan fingerprint density at radius 3 is 2.64 bits per heavy atom. The zero-order valence-electron chi connectivity index (χ0n) is 19.8. The van der Waals surface area contributed by atoms with Crippen molar-refractivity contribution in [3.05, 3.63) is 94.5 Å². The highest BCUT2D eigenvalue weighted by Crippen LogP contribution is 2.44. The largest absolute Gasteiger partial charge is 0.507 e. The molecule has 2 heterocycles. The summed E-state index contributed by atoms with van der Waals surface area (Å²) in [5.74, 6) is -2.09. The van der Waals surface area contributed by atoms with Gasteiger partial charge >= 0.3 is 11.9 Å². The van der Waals surface area contributed by atoms with E-state index in [0.29, 0.717) is 22.6 Å². The van der Waals surface area contributed by atoms with Gasteiger partial charge in [0.2, 0.25) is 0 Å². The first kappa shape index (κ1) is 24.9. The van der Waals surface area contributed by atoms with Crippen LogP contribution in [-0.4, -0.2) is 41.0 Å². The average molecular weight is 505 g/mol. The van der Waals surface area contributed by atoms with Gasteiger partial charge < -0.3 is 14.6 Å². The van der Waals surface area contributed by atoms with Crippen molar-refractivity contribution in [2.24, 2.45) is 0 Å². The number of carbonyl (C=O) groups excluding carboxylic acids is 3. The maximum absolute atomic E-state index is 13.3. The lowest BCUT2D eigenvalue weighted by atomic mass is 9.95. The molecule has 0 spiro atoms. The number of ether oxygens (including phenoxy) is 2. The smallest absolute Gasteiger partial charge is 0.350 e. The molecule has 2 aromatic carbocycles. The molecule has 1 amide bonds. The number of anilines is 1. The van der Waals surface area contributed by atoms with E-state index in [1.807, 2.05) is 0 Å². The minimum atomic E-state index is -1.00. The molecule has 0 saturated carbocycles. The highest BCUT2D eigenvalue weighted by molar-refractivity contribution is 7.17. The van der Waals surface area contributed by atoms with Gasteiger partial charge in [0.1, 0.15) is 23.0 Å². The van der Waals surface area contributed by atoms with Crippen LogP contribution in [0.3, 0.4) is 0 Å². The van der Waals surface area contributed by atoms with Crippen molar-refractivity contribution in [1.82, 2.24) is 4.98 Å². The molecule has 8 nitrogen and oxygen atoms in total. The summed E-state index contributed by atoms with van der Waals surface area (Å²) in [5.41, 5.74) is 1.21. The Bertz CT molecular complexity index is 1360. The number of Topliss-reactive ketones (excluding diaryl/α,β-unsaturated/α-hetero) is 1. The predicted octanol–water partition coefficient (Wildman–Crippen LogP) is 4.82. The number of nitrogens with zero attached hydrogens (tertiary/aromatic N) is 2. The van der Waals surface area contributed by atoms with Crippen LogP contribution in [0.4, 0.5) is 5.13 Å². The van der Waals surface area contributed by atoms with Gasteiger partial charge in [-0.2, -0.15) is 0 Å². The lowest BCUT2D eigenvalue weighted by molar-refractivity contribution is -0.132. The van der Waals surface area contributed by atoms with Gasteiger partial charge in [-0.3, -0.25) is 14.5 Å². The standard InChI is InChI=1S/C27H24N2O6S/c1-4-14-35-19-13-9-12-18(15-19)21-20(22(30)17-10-7-6-8-11-17)23(31)25(32)29(21)27-28-16(3)24(36-27)26(33)34-5-2/h4,6-13,15,21,30H,1,5,14H2,2-3H3.